The summed E-state index contributed by atoms with van der Waals surface area (Å²) in [5.41, 5.74) is 9.04. The molecule has 3 aromatic rings. The van der Waals surface area contributed by atoms with Crippen LogP contribution in [0.15, 0.2) is 45.9 Å². The summed E-state index contributed by atoms with van der Waals surface area (Å²) in [6.07, 6.45) is 1.60. The molecule has 0 bridgehead atoms. The zero-order valence-corrected chi connectivity index (χ0v) is 14.4. The quantitative estimate of drug-likeness (QED) is 0.702. The number of nitrogens with zero attached hydrogens (tertiary/aromatic N) is 2. The highest BCUT2D eigenvalue weighted by atomic mass is 35.5. The molecule has 0 aliphatic rings. The number of halogens is 1. The summed E-state index contributed by atoms with van der Waals surface area (Å²) in [7, 11) is 0. The van der Waals surface area contributed by atoms with Crippen molar-refractivity contribution in [3.8, 4) is 0 Å². The smallest absolute Gasteiger partial charge is 0.230 e. The molecule has 0 amide bonds. The van der Waals surface area contributed by atoms with Crippen LogP contribution in [-0.4, -0.2) is 15.1 Å². The van der Waals surface area contributed by atoms with E-state index in [1.54, 1.807) is 36.5 Å². The van der Waals surface area contributed by atoms with E-state index < -0.39 is 0 Å². The van der Waals surface area contributed by atoms with Gasteiger partial charge in [0, 0.05) is 22.2 Å². The Labute approximate surface area is 148 Å². The lowest BCUT2D eigenvalue weighted by atomic mass is 10.1. The number of aliphatic hydroxyl groups excluding tert-OH is 1. The van der Waals surface area contributed by atoms with Gasteiger partial charge in [0.1, 0.15) is 4.99 Å². The predicted molar refractivity (Wildman–Crippen MR) is 97.2 cm³/mol. The summed E-state index contributed by atoms with van der Waals surface area (Å²) in [6.45, 7) is 1.65. The van der Waals surface area contributed by atoms with E-state index in [2.05, 4.69) is 9.98 Å². The van der Waals surface area contributed by atoms with Crippen LogP contribution in [0.4, 0.5) is 5.69 Å². The third kappa shape index (κ3) is 3.17. The van der Waals surface area contributed by atoms with Crippen molar-refractivity contribution in [2.75, 3.05) is 0 Å². The number of hydrogen-bond donors (Lipinski definition) is 2. The number of fused-ring (bicyclic) bond motifs is 1. The van der Waals surface area contributed by atoms with Gasteiger partial charge >= 0.3 is 0 Å². The van der Waals surface area contributed by atoms with Crippen LogP contribution in [-0.2, 0) is 6.61 Å². The standard InChI is InChI=1S/C17H14ClN3O2S/c1-9-15-13(10(8-22)7-20-9)6-14(16(19)24)17(23-15)21-12-4-2-3-11(18)5-12/h2-7,22H,8H2,1H3,(H2,19,24). The van der Waals surface area contributed by atoms with Gasteiger partial charge in [-0.25, -0.2) is 4.99 Å². The van der Waals surface area contributed by atoms with Crippen molar-refractivity contribution in [1.29, 1.82) is 0 Å². The van der Waals surface area contributed by atoms with E-state index in [0.717, 1.165) is 0 Å². The van der Waals surface area contributed by atoms with Gasteiger partial charge in [0.15, 0.2) is 5.58 Å². The summed E-state index contributed by atoms with van der Waals surface area (Å²) >= 11 is 11.1. The third-order valence-corrected chi connectivity index (χ3v) is 3.98. The normalized spacial score (nSPS) is 11.9. The highest BCUT2D eigenvalue weighted by Crippen LogP contribution is 2.22. The van der Waals surface area contributed by atoms with Crippen LogP contribution in [0.1, 0.15) is 16.8 Å². The molecule has 5 nitrogen and oxygen atoms in total. The number of benzene rings is 1. The fourth-order valence-corrected chi connectivity index (χ4v) is 2.67. The highest BCUT2D eigenvalue weighted by Gasteiger charge is 2.12. The molecule has 0 fully saturated rings. The molecule has 2 aromatic heterocycles. The van der Waals surface area contributed by atoms with Crippen molar-refractivity contribution in [3.05, 3.63) is 63.9 Å². The van der Waals surface area contributed by atoms with Gasteiger partial charge in [-0.2, -0.15) is 0 Å². The highest BCUT2D eigenvalue weighted by molar-refractivity contribution is 7.80. The van der Waals surface area contributed by atoms with Gasteiger partial charge < -0.3 is 15.3 Å². The molecule has 0 saturated carbocycles. The molecule has 3 rings (SSSR count). The Balaban J connectivity index is 2.37. The molecule has 24 heavy (non-hydrogen) atoms. The molecule has 0 radical (unpaired) electrons. The number of aliphatic hydroxyl groups is 1. The Hall–Kier alpha value is -2.28. The zero-order chi connectivity index (χ0) is 17.3. The second-order valence-electron chi connectivity index (χ2n) is 5.19. The molecular formula is C17H14ClN3O2S. The number of rotatable bonds is 3. The molecule has 122 valence electrons. The van der Waals surface area contributed by atoms with E-state index in [-0.39, 0.29) is 17.1 Å². The molecule has 3 N–H and O–H groups in total. The molecule has 1 aromatic carbocycles. The zero-order valence-electron chi connectivity index (χ0n) is 12.8. The summed E-state index contributed by atoms with van der Waals surface area (Å²) in [5, 5.41) is 10.8. The van der Waals surface area contributed by atoms with Gasteiger partial charge in [0.05, 0.1) is 23.6 Å². The molecule has 0 aliphatic heterocycles. The maximum Gasteiger partial charge on any atom is 0.230 e. The van der Waals surface area contributed by atoms with Gasteiger partial charge in [-0.15, -0.1) is 0 Å². The Kier molecular flexibility index (Phi) is 4.62. The first-order valence-corrected chi connectivity index (χ1v) is 7.91. The van der Waals surface area contributed by atoms with Crippen molar-refractivity contribution in [2.45, 2.75) is 13.5 Å². The number of hydrogen-bond acceptors (Lipinski definition) is 5. The van der Waals surface area contributed by atoms with Crippen molar-refractivity contribution in [1.82, 2.24) is 4.98 Å². The number of nitrogens with two attached hydrogens (primary N) is 1. The van der Waals surface area contributed by atoms with E-state index >= 15 is 0 Å². The Morgan fingerprint density at radius 1 is 1.42 bits per heavy atom. The van der Waals surface area contributed by atoms with E-state index in [9.17, 15) is 5.11 Å². The van der Waals surface area contributed by atoms with Crippen molar-refractivity contribution in [2.24, 2.45) is 10.7 Å². The van der Waals surface area contributed by atoms with Crippen LogP contribution >= 0.6 is 23.8 Å². The summed E-state index contributed by atoms with van der Waals surface area (Å²) in [5.74, 6) is 0. The lowest BCUT2D eigenvalue weighted by molar-refractivity contribution is 0.282. The minimum atomic E-state index is -0.166. The molecule has 0 atom stereocenters. The average Bonchev–Trinajstić information content (AvgIpc) is 2.55. The first-order chi connectivity index (χ1) is 11.5. The summed E-state index contributed by atoms with van der Waals surface area (Å²) in [4.78, 5) is 8.85. The lowest BCUT2D eigenvalue weighted by Crippen LogP contribution is -2.21. The van der Waals surface area contributed by atoms with Gasteiger partial charge in [0.2, 0.25) is 5.55 Å². The lowest BCUT2D eigenvalue weighted by Gasteiger charge is -2.08. The minimum Gasteiger partial charge on any atom is -0.436 e. The van der Waals surface area contributed by atoms with E-state index in [4.69, 9.17) is 34.0 Å². The maximum absolute atomic E-state index is 9.51. The Bertz CT molecular complexity index is 1010. The monoisotopic (exact) mass is 359 g/mol. The van der Waals surface area contributed by atoms with Crippen LogP contribution in [0.5, 0.6) is 0 Å². The molecule has 2 heterocycles. The molecule has 0 saturated heterocycles. The number of thiocarbonyl (C=S) groups is 1. The SMILES string of the molecule is Cc1ncc(CO)c2cc(C(N)=S)c(=Nc3cccc(Cl)c3)oc12. The van der Waals surface area contributed by atoms with Crippen molar-refractivity contribution >= 4 is 45.5 Å². The fraction of sp³-hybridized carbons (Fsp3) is 0.118. The number of pyridine rings is 1. The van der Waals surface area contributed by atoms with Crippen molar-refractivity contribution < 1.29 is 9.52 Å². The van der Waals surface area contributed by atoms with Crippen LogP contribution in [0.25, 0.3) is 11.0 Å². The molecule has 7 heteroatoms. The molecule has 0 unspecified atom stereocenters. The van der Waals surface area contributed by atoms with E-state index in [1.165, 1.54) is 0 Å². The predicted octanol–water partition coefficient (Wildman–Crippen LogP) is 3.15. The van der Waals surface area contributed by atoms with E-state index in [1.807, 2.05) is 6.92 Å². The van der Waals surface area contributed by atoms with Crippen LogP contribution in [0, 0.1) is 6.92 Å². The number of aromatic nitrogens is 1. The van der Waals surface area contributed by atoms with Gasteiger partial charge in [0.25, 0.3) is 0 Å². The first-order valence-electron chi connectivity index (χ1n) is 7.13. The number of aryl methyl sites for hydroxylation is 1. The summed E-state index contributed by atoms with van der Waals surface area (Å²) in [6, 6.07) is 8.82. The van der Waals surface area contributed by atoms with Gasteiger partial charge in [-0.3, -0.25) is 4.98 Å². The van der Waals surface area contributed by atoms with Gasteiger partial charge in [-0.05, 0) is 31.2 Å². The second-order valence-corrected chi connectivity index (χ2v) is 6.07. The molecule has 0 spiro atoms. The Morgan fingerprint density at radius 3 is 2.88 bits per heavy atom. The van der Waals surface area contributed by atoms with Crippen LogP contribution in [0.3, 0.4) is 0 Å². The van der Waals surface area contributed by atoms with Gasteiger partial charge in [-0.1, -0.05) is 29.9 Å². The maximum atomic E-state index is 9.51. The first kappa shape index (κ1) is 16.6. The van der Waals surface area contributed by atoms with Crippen molar-refractivity contribution in [3.63, 3.8) is 0 Å². The third-order valence-electron chi connectivity index (χ3n) is 3.53. The van der Waals surface area contributed by atoms with E-state index in [0.29, 0.717) is 38.5 Å². The fourth-order valence-electron chi connectivity index (χ4n) is 2.34. The molecule has 0 aliphatic carbocycles. The summed E-state index contributed by atoms with van der Waals surface area (Å²) < 4.78 is 5.92. The second kappa shape index (κ2) is 6.68. The Morgan fingerprint density at radius 2 is 2.21 bits per heavy atom. The van der Waals surface area contributed by atoms with Crippen LogP contribution < -0.4 is 11.3 Å². The average molecular weight is 360 g/mol. The topological polar surface area (TPSA) is 84.6 Å². The minimum absolute atomic E-state index is 0.153. The molecular weight excluding hydrogens is 346 g/mol. The largest absolute Gasteiger partial charge is 0.436 e. The van der Waals surface area contributed by atoms with Crippen LogP contribution in [0.2, 0.25) is 5.02 Å².